The maximum atomic E-state index is 6.53. The Balaban J connectivity index is 3.08. The molecule has 0 fully saturated rings. The summed E-state index contributed by atoms with van der Waals surface area (Å²) in [6, 6.07) is 4.77. The van der Waals surface area contributed by atoms with Crippen molar-refractivity contribution in [1.82, 2.24) is 5.32 Å². The van der Waals surface area contributed by atoms with E-state index >= 15 is 0 Å². The Kier molecular flexibility index (Phi) is 7.61. The van der Waals surface area contributed by atoms with Gasteiger partial charge >= 0.3 is 0 Å². The number of rotatable bonds is 8. The zero-order valence-electron chi connectivity index (χ0n) is 13.7. The summed E-state index contributed by atoms with van der Waals surface area (Å²) in [5.74, 6) is 0.662. The van der Waals surface area contributed by atoms with Gasteiger partial charge in [0.15, 0.2) is 0 Å². The van der Waals surface area contributed by atoms with Crippen LogP contribution in [0.15, 0.2) is 12.1 Å². The molecule has 2 heteroatoms. The van der Waals surface area contributed by atoms with Crippen LogP contribution < -0.4 is 5.32 Å². The molecule has 0 aliphatic rings. The van der Waals surface area contributed by atoms with Crippen molar-refractivity contribution < 1.29 is 0 Å². The number of nitrogens with one attached hydrogen (secondary N) is 1. The topological polar surface area (TPSA) is 12.0 Å². The lowest BCUT2D eigenvalue weighted by molar-refractivity contribution is 0.328. The Hall–Kier alpha value is -0.530. The molecule has 2 unspecified atom stereocenters. The van der Waals surface area contributed by atoms with Gasteiger partial charge in [-0.15, -0.1) is 0 Å². The molecule has 0 aliphatic heterocycles. The normalized spacial score (nSPS) is 14.3. The molecule has 0 aliphatic carbocycles. The molecular formula is C18H30ClN. The molecule has 1 rings (SSSR count). The van der Waals surface area contributed by atoms with Gasteiger partial charge in [0.1, 0.15) is 0 Å². The van der Waals surface area contributed by atoms with Crippen molar-refractivity contribution in [1.29, 1.82) is 0 Å². The third-order valence-electron chi connectivity index (χ3n) is 4.30. The first kappa shape index (κ1) is 17.5. The zero-order chi connectivity index (χ0) is 15.1. The minimum absolute atomic E-state index is 0.378. The van der Waals surface area contributed by atoms with Gasteiger partial charge in [-0.25, -0.2) is 0 Å². The van der Waals surface area contributed by atoms with E-state index in [2.05, 4.69) is 52.1 Å². The summed E-state index contributed by atoms with van der Waals surface area (Å²) in [7, 11) is 0. The van der Waals surface area contributed by atoms with Gasteiger partial charge in [0.25, 0.3) is 0 Å². The smallest absolute Gasteiger partial charge is 0.0456 e. The van der Waals surface area contributed by atoms with Crippen LogP contribution in [0.3, 0.4) is 0 Å². The van der Waals surface area contributed by atoms with E-state index in [1.54, 1.807) is 0 Å². The fourth-order valence-corrected chi connectivity index (χ4v) is 3.20. The van der Waals surface area contributed by atoms with Gasteiger partial charge in [-0.1, -0.05) is 57.7 Å². The van der Waals surface area contributed by atoms with Gasteiger partial charge in [0.2, 0.25) is 0 Å². The number of halogens is 1. The van der Waals surface area contributed by atoms with Crippen LogP contribution >= 0.6 is 11.6 Å². The van der Waals surface area contributed by atoms with E-state index in [9.17, 15) is 0 Å². The molecule has 1 aromatic carbocycles. The Labute approximate surface area is 130 Å². The van der Waals surface area contributed by atoms with Gasteiger partial charge in [-0.3, -0.25) is 0 Å². The molecule has 0 radical (unpaired) electrons. The summed E-state index contributed by atoms with van der Waals surface area (Å²) < 4.78 is 0. The molecule has 0 saturated carbocycles. The average Bonchev–Trinajstić information content (AvgIpc) is 2.42. The third-order valence-corrected chi connectivity index (χ3v) is 4.62. The molecule has 1 aromatic rings. The molecule has 0 bridgehead atoms. The fraction of sp³-hybridized carbons (Fsp3) is 0.667. The molecule has 0 spiro atoms. The monoisotopic (exact) mass is 295 g/mol. The number of aryl methyl sites for hydroxylation is 2. The first-order valence-electron chi connectivity index (χ1n) is 8.05. The lowest BCUT2D eigenvalue weighted by Crippen LogP contribution is -2.28. The van der Waals surface area contributed by atoms with E-state index in [-0.39, 0.29) is 0 Å². The second kappa shape index (κ2) is 8.69. The first-order chi connectivity index (χ1) is 9.54. The van der Waals surface area contributed by atoms with Gasteiger partial charge in [-0.05, 0) is 55.5 Å². The zero-order valence-corrected chi connectivity index (χ0v) is 14.5. The molecule has 0 saturated heterocycles. The van der Waals surface area contributed by atoms with E-state index in [0.717, 1.165) is 11.6 Å². The summed E-state index contributed by atoms with van der Waals surface area (Å²) in [6.45, 7) is 12.0. The van der Waals surface area contributed by atoms with Gasteiger partial charge in [-0.2, -0.15) is 0 Å². The van der Waals surface area contributed by atoms with Crippen LogP contribution in [0.2, 0.25) is 5.02 Å². The Bertz CT molecular complexity index is 414. The molecule has 20 heavy (non-hydrogen) atoms. The highest BCUT2D eigenvalue weighted by Crippen LogP contribution is 2.34. The number of hydrogen-bond donors (Lipinski definition) is 1. The predicted molar refractivity (Wildman–Crippen MR) is 90.6 cm³/mol. The second-order valence-corrected chi connectivity index (χ2v) is 6.21. The first-order valence-corrected chi connectivity index (χ1v) is 8.42. The SMILES string of the molecule is CCCCC(CC)C(NCC)c1cc(C)c(C)cc1Cl. The average molecular weight is 296 g/mol. The van der Waals surface area contributed by atoms with Gasteiger partial charge in [0.05, 0.1) is 0 Å². The van der Waals surface area contributed by atoms with E-state index in [1.807, 2.05) is 0 Å². The van der Waals surface area contributed by atoms with Crippen molar-refractivity contribution in [2.24, 2.45) is 5.92 Å². The molecule has 0 heterocycles. The Morgan fingerprint density at radius 3 is 2.30 bits per heavy atom. The van der Waals surface area contributed by atoms with Crippen LogP contribution in [-0.4, -0.2) is 6.54 Å². The summed E-state index contributed by atoms with van der Waals surface area (Å²) in [4.78, 5) is 0. The highest BCUT2D eigenvalue weighted by atomic mass is 35.5. The maximum absolute atomic E-state index is 6.53. The molecule has 2 atom stereocenters. The molecule has 114 valence electrons. The third kappa shape index (κ3) is 4.49. The van der Waals surface area contributed by atoms with Gasteiger partial charge < -0.3 is 5.32 Å². The van der Waals surface area contributed by atoms with E-state index in [0.29, 0.717) is 12.0 Å². The van der Waals surface area contributed by atoms with E-state index < -0.39 is 0 Å². The number of unbranched alkanes of at least 4 members (excludes halogenated alkanes) is 1. The summed E-state index contributed by atoms with van der Waals surface area (Å²) in [5.41, 5.74) is 3.88. The van der Waals surface area contributed by atoms with E-state index in [1.165, 1.54) is 42.4 Å². The lowest BCUT2D eigenvalue weighted by atomic mass is 9.86. The van der Waals surface area contributed by atoms with Crippen molar-refractivity contribution in [2.75, 3.05) is 6.54 Å². The van der Waals surface area contributed by atoms with E-state index in [4.69, 9.17) is 11.6 Å². The van der Waals surface area contributed by atoms with Crippen LogP contribution in [0.4, 0.5) is 0 Å². The van der Waals surface area contributed by atoms with Crippen molar-refractivity contribution in [3.8, 4) is 0 Å². The molecule has 1 N–H and O–H groups in total. The van der Waals surface area contributed by atoms with Crippen molar-refractivity contribution in [2.45, 2.75) is 66.3 Å². The molecular weight excluding hydrogens is 266 g/mol. The minimum atomic E-state index is 0.378. The van der Waals surface area contributed by atoms with Crippen LogP contribution in [-0.2, 0) is 0 Å². The number of hydrogen-bond acceptors (Lipinski definition) is 1. The molecule has 1 nitrogen and oxygen atoms in total. The maximum Gasteiger partial charge on any atom is 0.0456 e. The van der Waals surface area contributed by atoms with Gasteiger partial charge in [0, 0.05) is 11.1 Å². The highest BCUT2D eigenvalue weighted by molar-refractivity contribution is 6.31. The van der Waals surface area contributed by atoms with Crippen LogP contribution in [0.1, 0.15) is 69.2 Å². The largest absolute Gasteiger partial charge is 0.310 e. The van der Waals surface area contributed by atoms with Crippen molar-refractivity contribution in [3.63, 3.8) is 0 Å². The quantitative estimate of drug-likeness (QED) is 0.637. The van der Waals surface area contributed by atoms with Crippen LogP contribution in [0.25, 0.3) is 0 Å². The van der Waals surface area contributed by atoms with Crippen molar-refractivity contribution in [3.05, 3.63) is 33.8 Å². The Morgan fingerprint density at radius 2 is 1.75 bits per heavy atom. The molecule has 0 amide bonds. The summed E-state index contributed by atoms with van der Waals surface area (Å²) in [5, 5.41) is 4.57. The van der Waals surface area contributed by atoms with Crippen molar-refractivity contribution >= 4 is 11.6 Å². The second-order valence-electron chi connectivity index (χ2n) is 5.80. The summed E-state index contributed by atoms with van der Waals surface area (Å²) in [6.07, 6.45) is 5.02. The number of benzene rings is 1. The fourth-order valence-electron chi connectivity index (χ4n) is 2.86. The van der Waals surface area contributed by atoms with Crippen LogP contribution in [0.5, 0.6) is 0 Å². The lowest BCUT2D eigenvalue weighted by Gasteiger charge is -2.29. The minimum Gasteiger partial charge on any atom is -0.310 e. The Morgan fingerprint density at radius 1 is 1.10 bits per heavy atom. The summed E-state index contributed by atoms with van der Waals surface area (Å²) >= 11 is 6.53. The van der Waals surface area contributed by atoms with Crippen LogP contribution in [0, 0.1) is 19.8 Å². The highest BCUT2D eigenvalue weighted by Gasteiger charge is 2.23. The standard InChI is InChI=1S/C18H30ClN/c1-6-9-10-15(7-2)18(20-8-3)16-11-13(4)14(5)12-17(16)19/h11-12,15,18,20H,6-10H2,1-5H3. The molecule has 0 aromatic heterocycles. The predicted octanol–water partition coefficient (Wildman–Crippen LogP) is 5.82.